The van der Waals surface area contributed by atoms with Crippen molar-refractivity contribution in [2.75, 3.05) is 26.7 Å². The number of ether oxygens (including phenoxy) is 1. The van der Waals surface area contributed by atoms with Crippen LogP contribution in [0.5, 0.6) is 5.75 Å². The summed E-state index contributed by atoms with van der Waals surface area (Å²) in [6.07, 6.45) is 0. The van der Waals surface area contributed by atoms with Gasteiger partial charge in [0.05, 0.1) is 13.7 Å². The van der Waals surface area contributed by atoms with Crippen LogP contribution in [0.4, 0.5) is 0 Å². The largest absolute Gasteiger partial charge is 0.497 e. The molecule has 5 nitrogen and oxygen atoms in total. The van der Waals surface area contributed by atoms with Gasteiger partial charge in [-0.1, -0.05) is 26.0 Å². The fourth-order valence-electron chi connectivity index (χ4n) is 2.29. The molecule has 1 unspecified atom stereocenters. The van der Waals surface area contributed by atoms with Gasteiger partial charge in [0.1, 0.15) is 5.75 Å². The van der Waals surface area contributed by atoms with Gasteiger partial charge >= 0.3 is 0 Å². The fourth-order valence-corrected chi connectivity index (χ4v) is 2.29. The molecular weight excluding hydrogens is 254 g/mol. The van der Waals surface area contributed by atoms with Crippen molar-refractivity contribution in [3.05, 3.63) is 29.8 Å². The predicted octanol–water partition coefficient (Wildman–Crippen LogP) is 1.14. The number of nitrogens with two attached hydrogens (primary N) is 2. The van der Waals surface area contributed by atoms with Crippen LogP contribution in [0.15, 0.2) is 24.3 Å². The highest BCUT2D eigenvalue weighted by Gasteiger charge is 2.21. The maximum absolute atomic E-state index is 11.3. The lowest BCUT2D eigenvalue weighted by Crippen LogP contribution is -2.41. The Hall–Kier alpha value is -1.59. The third-order valence-corrected chi connectivity index (χ3v) is 3.12. The molecule has 0 aliphatic carbocycles. The standard InChI is InChI=1S/C15H25N3O2/c1-11(2)9-18(10-15(17)19)14(8-16)12-4-6-13(20-3)7-5-12/h4-7,11,14H,8-10,16H2,1-3H3,(H2,17,19). The Morgan fingerprint density at radius 1 is 1.30 bits per heavy atom. The Morgan fingerprint density at radius 2 is 1.90 bits per heavy atom. The van der Waals surface area contributed by atoms with E-state index in [0.717, 1.165) is 17.9 Å². The van der Waals surface area contributed by atoms with Gasteiger partial charge < -0.3 is 16.2 Å². The number of nitrogens with zero attached hydrogens (tertiary/aromatic N) is 1. The summed E-state index contributed by atoms with van der Waals surface area (Å²) in [4.78, 5) is 13.3. The van der Waals surface area contributed by atoms with E-state index in [1.165, 1.54) is 0 Å². The molecule has 0 aromatic heterocycles. The van der Waals surface area contributed by atoms with Crippen LogP contribution in [0.1, 0.15) is 25.5 Å². The minimum Gasteiger partial charge on any atom is -0.497 e. The van der Waals surface area contributed by atoms with Crippen LogP contribution in [0.2, 0.25) is 0 Å². The number of amides is 1. The number of carbonyl (C=O) groups is 1. The van der Waals surface area contributed by atoms with E-state index < -0.39 is 0 Å². The van der Waals surface area contributed by atoms with Crippen molar-refractivity contribution >= 4 is 5.91 Å². The van der Waals surface area contributed by atoms with Gasteiger partial charge in [0.25, 0.3) is 0 Å². The van der Waals surface area contributed by atoms with Crippen LogP contribution in [-0.2, 0) is 4.79 Å². The van der Waals surface area contributed by atoms with E-state index in [4.69, 9.17) is 16.2 Å². The molecule has 112 valence electrons. The highest BCUT2D eigenvalue weighted by molar-refractivity contribution is 5.76. The van der Waals surface area contributed by atoms with Crippen molar-refractivity contribution in [3.63, 3.8) is 0 Å². The lowest BCUT2D eigenvalue weighted by Gasteiger charge is -2.31. The number of hydrogen-bond acceptors (Lipinski definition) is 4. The molecule has 1 atom stereocenters. The van der Waals surface area contributed by atoms with Crippen molar-refractivity contribution < 1.29 is 9.53 Å². The molecule has 1 aromatic rings. The van der Waals surface area contributed by atoms with E-state index in [1.54, 1.807) is 7.11 Å². The molecule has 20 heavy (non-hydrogen) atoms. The van der Waals surface area contributed by atoms with Crippen LogP contribution >= 0.6 is 0 Å². The van der Waals surface area contributed by atoms with E-state index in [2.05, 4.69) is 13.8 Å². The van der Waals surface area contributed by atoms with Crippen LogP contribution < -0.4 is 16.2 Å². The number of methoxy groups -OCH3 is 1. The molecule has 1 rings (SSSR count). The first-order valence-electron chi connectivity index (χ1n) is 6.84. The summed E-state index contributed by atoms with van der Waals surface area (Å²) < 4.78 is 5.15. The Morgan fingerprint density at radius 3 is 2.30 bits per heavy atom. The van der Waals surface area contributed by atoms with Gasteiger partial charge in [-0.2, -0.15) is 0 Å². The van der Waals surface area contributed by atoms with Gasteiger partial charge in [0, 0.05) is 19.1 Å². The predicted molar refractivity (Wildman–Crippen MR) is 80.4 cm³/mol. The third kappa shape index (κ3) is 4.83. The molecule has 4 N–H and O–H groups in total. The van der Waals surface area contributed by atoms with E-state index in [9.17, 15) is 4.79 Å². The van der Waals surface area contributed by atoms with Crippen LogP contribution in [0.3, 0.4) is 0 Å². The van der Waals surface area contributed by atoms with E-state index >= 15 is 0 Å². The summed E-state index contributed by atoms with van der Waals surface area (Å²) in [7, 11) is 1.63. The first-order chi connectivity index (χ1) is 9.47. The van der Waals surface area contributed by atoms with E-state index in [-0.39, 0.29) is 18.5 Å². The van der Waals surface area contributed by atoms with Gasteiger partial charge in [-0.05, 0) is 23.6 Å². The number of rotatable bonds is 8. The Kier molecular flexibility index (Phi) is 6.48. The zero-order valence-corrected chi connectivity index (χ0v) is 12.5. The number of benzene rings is 1. The second-order valence-electron chi connectivity index (χ2n) is 5.31. The lowest BCUT2D eigenvalue weighted by molar-refractivity contribution is -0.119. The van der Waals surface area contributed by atoms with Gasteiger partial charge in [-0.3, -0.25) is 9.69 Å². The van der Waals surface area contributed by atoms with Crippen molar-refractivity contribution in [2.24, 2.45) is 17.4 Å². The molecule has 0 heterocycles. The van der Waals surface area contributed by atoms with Crippen LogP contribution in [-0.4, -0.2) is 37.6 Å². The SMILES string of the molecule is COc1ccc(C(CN)N(CC(N)=O)CC(C)C)cc1. The zero-order valence-electron chi connectivity index (χ0n) is 12.5. The van der Waals surface area contributed by atoms with Crippen molar-refractivity contribution in [2.45, 2.75) is 19.9 Å². The lowest BCUT2D eigenvalue weighted by atomic mass is 10.0. The Labute approximate surface area is 120 Å². The molecule has 0 radical (unpaired) electrons. The summed E-state index contributed by atoms with van der Waals surface area (Å²) in [5, 5.41) is 0. The molecule has 0 spiro atoms. The molecule has 0 fully saturated rings. The number of carbonyl (C=O) groups excluding carboxylic acids is 1. The highest BCUT2D eigenvalue weighted by Crippen LogP contribution is 2.23. The smallest absolute Gasteiger partial charge is 0.231 e. The molecule has 0 aliphatic rings. The molecule has 5 heteroatoms. The summed E-state index contributed by atoms with van der Waals surface area (Å²) in [6.45, 7) is 5.64. The first kappa shape index (κ1) is 16.5. The summed E-state index contributed by atoms with van der Waals surface area (Å²) in [5.74, 6) is 0.897. The fraction of sp³-hybridized carbons (Fsp3) is 0.533. The summed E-state index contributed by atoms with van der Waals surface area (Å²) in [6, 6.07) is 7.73. The van der Waals surface area contributed by atoms with Crippen molar-refractivity contribution in [1.82, 2.24) is 4.90 Å². The van der Waals surface area contributed by atoms with Crippen molar-refractivity contribution in [3.8, 4) is 5.75 Å². The molecule has 0 bridgehead atoms. The third-order valence-electron chi connectivity index (χ3n) is 3.12. The van der Waals surface area contributed by atoms with Gasteiger partial charge in [0.2, 0.25) is 5.91 Å². The molecule has 1 amide bonds. The number of hydrogen-bond donors (Lipinski definition) is 2. The minimum atomic E-state index is -0.336. The van der Waals surface area contributed by atoms with E-state index in [1.807, 2.05) is 29.2 Å². The van der Waals surface area contributed by atoms with Gasteiger partial charge in [0.15, 0.2) is 0 Å². The Bertz CT molecular complexity index is 418. The van der Waals surface area contributed by atoms with Crippen molar-refractivity contribution in [1.29, 1.82) is 0 Å². The molecule has 0 saturated heterocycles. The minimum absolute atomic E-state index is 0.0178. The highest BCUT2D eigenvalue weighted by atomic mass is 16.5. The van der Waals surface area contributed by atoms with Gasteiger partial charge in [-0.25, -0.2) is 0 Å². The van der Waals surface area contributed by atoms with E-state index in [0.29, 0.717) is 12.5 Å². The van der Waals surface area contributed by atoms with Crippen LogP contribution in [0, 0.1) is 5.92 Å². The second-order valence-corrected chi connectivity index (χ2v) is 5.31. The average Bonchev–Trinajstić information content (AvgIpc) is 2.39. The Balaban J connectivity index is 2.94. The summed E-state index contributed by atoms with van der Waals surface area (Å²) >= 11 is 0. The number of primary amides is 1. The maximum atomic E-state index is 11.3. The first-order valence-corrected chi connectivity index (χ1v) is 6.84. The maximum Gasteiger partial charge on any atom is 0.231 e. The quantitative estimate of drug-likeness (QED) is 0.747. The zero-order chi connectivity index (χ0) is 15.1. The monoisotopic (exact) mass is 279 g/mol. The van der Waals surface area contributed by atoms with Gasteiger partial charge in [-0.15, -0.1) is 0 Å². The molecule has 0 aliphatic heterocycles. The molecular formula is C15H25N3O2. The molecule has 0 saturated carbocycles. The second kappa shape index (κ2) is 7.87. The van der Waals surface area contributed by atoms with Crippen LogP contribution in [0.25, 0.3) is 0 Å². The normalized spacial score (nSPS) is 12.7. The topological polar surface area (TPSA) is 81.6 Å². The molecule has 1 aromatic carbocycles. The summed E-state index contributed by atoms with van der Waals surface area (Å²) in [5.41, 5.74) is 12.3. The average molecular weight is 279 g/mol.